The Morgan fingerprint density at radius 3 is 2.76 bits per heavy atom. The average molecular weight is 288 g/mol. The highest BCUT2D eigenvalue weighted by molar-refractivity contribution is 5.92. The number of carbonyl (C=O) groups is 1. The van der Waals surface area contributed by atoms with Crippen molar-refractivity contribution in [2.45, 2.75) is 53.0 Å². The number of rotatable bonds is 7. The molecule has 1 aromatic heterocycles. The monoisotopic (exact) mass is 288 g/mol. The lowest BCUT2D eigenvalue weighted by Crippen LogP contribution is -2.11. The van der Waals surface area contributed by atoms with E-state index in [9.17, 15) is 4.79 Å². The van der Waals surface area contributed by atoms with E-state index >= 15 is 0 Å². The number of hydrogen-bond donors (Lipinski definition) is 1. The van der Waals surface area contributed by atoms with E-state index < -0.39 is 5.97 Å². The summed E-state index contributed by atoms with van der Waals surface area (Å²) in [7, 11) is 0. The summed E-state index contributed by atoms with van der Waals surface area (Å²) in [6, 6.07) is 5.16. The fraction of sp³-hybridized carbons (Fsp3) is 0.529. The van der Waals surface area contributed by atoms with Gasteiger partial charge in [0.25, 0.3) is 0 Å². The highest BCUT2D eigenvalue weighted by Gasteiger charge is 2.14. The third-order valence-corrected chi connectivity index (χ3v) is 4.17. The average Bonchev–Trinajstić information content (AvgIpc) is 2.78. The van der Waals surface area contributed by atoms with Gasteiger partial charge in [0.15, 0.2) is 0 Å². The first-order valence-electron chi connectivity index (χ1n) is 7.77. The summed E-state index contributed by atoms with van der Waals surface area (Å²) < 4.78 is 2.17. The number of imidazole rings is 1. The number of unbranched alkanes of at least 4 members (excludes halogenated alkanes) is 1. The molecule has 0 aliphatic carbocycles. The van der Waals surface area contributed by atoms with Crippen molar-refractivity contribution in [1.82, 2.24) is 9.55 Å². The Bertz CT molecular complexity index is 631. The molecule has 0 aliphatic heterocycles. The summed E-state index contributed by atoms with van der Waals surface area (Å²) in [6.45, 7) is 7.34. The molecule has 0 saturated heterocycles. The van der Waals surface area contributed by atoms with Crippen LogP contribution in [0.3, 0.4) is 0 Å². The van der Waals surface area contributed by atoms with E-state index in [4.69, 9.17) is 5.11 Å². The summed E-state index contributed by atoms with van der Waals surface area (Å²) in [5, 5.41) is 9.16. The molecule has 0 saturated carbocycles. The van der Waals surface area contributed by atoms with Crippen molar-refractivity contribution in [1.29, 1.82) is 0 Å². The molecule has 21 heavy (non-hydrogen) atoms. The maximum Gasteiger partial charge on any atom is 0.335 e. The Balaban J connectivity index is 2.35. The van der Waals surface area contributed by atoms with Crippen molar-refractivity contribution in [3.63, 3.8) is 0 Å². The Morgan fingerprint density at radius 1 is 1.38 bits per heavy atom. The molecule has 0 radical (unpaired) electrons. The van der Waals surface area contributed by atoms with Crippen LogP contribution in [0.1, 0.15) is 55.7 Å². The van der Waals surface area contributed by atoms with Crippen LogP contribution in [-0.4, -0.2) is 20.6 Å². The van der Waals surface area contributed by atoms with Crippen molar-refractivity contribution in [3.8, 4) is 0 Å². The molecular weight excluding hydrogens is 264 g/mol. The molecule has 2 aromatic rings. The van der Waals surface area contributed by atoms with E-state index in [2.05, 4.69) is 23.4 Å². The highest BCUT2D eigenvalue weighted by Crippen LogP contribution is 2.22. The van der Waals surface area contributed by atoms with Crippen LogP contribution in [0.2, 0.25) is 0 Å². The van der Waals surface area contributed by atoms with E-state index in [1.807, 2.05) is 6.92 Å². The second-order valence-corrected chi connectivity index (χ2v) is 5.69. The summed E-state index contributed by atoms with van der Waals surface area (Å²) in [4.78, 5) is 15.7. The highest BCUT2D eigenvalue weighted by atomic mass is 16.4. The van der Waals surface area contributed by atoms with Gasteiger partial charge in [-0.3, -0.25) is 0 Å². The van der Waals surface area contributed by atoms with Crippen LogP contribution < -0.4 is 0 Å². The standard InChI is InChI=1S/C17H24N2O2/c1-4-6-7-13(5-2)11-19-12(3)18-15-9-8-14(17(20)21)10-16(15)19/h8-10,13H,4-7,11H2,1-3H3,(H,20,21). The number of nitrogens with zero attached hydrogens (tertiary/aromatic N) is 2. The molecule has 1 unspecified atom stereocenters. The van der Waals surface area contributed by atoms with Gasteiger partial charge >= 0.3 is 5.97 Å². The van der Waals surface area contributed by atoms with Crippen LogP contribution in [0.15, 0.2) is 18.2 Å². The molecule has 1 N–H and O–H groups in total. The van der Waals surface area contributed by atoms with Gasteiger partial charge in [-0.15, -0.1) is 0 Å². The summed E-state index contributed by atoms with van der Waals surface area (Å²) in [5.74, 6) is 0.692. The van der Waals surface area contributed by atoms with E-state index in [1.54, 1.807) is 18.2 Å². The van der Waals surface area contributed by atoms with Gasteiger partial charge in [0, 0.05) is 6.54 Å². The quantitative estimate of drug-likeness (QED) is 0.828. The van der Waals surface area contributed by atoms with E-state index in [0.29, 0.717) is 11.5 Å². The van der Waals surface area contributed by atoms with E-state index in [-0.39, 0.29) is 0 Å². The van der Waals surface area contributed by atoms with Crippen molar-refractivity contribution in [2.24, 2.45) is 5.92 Å². The molecule has 0 bridgehead atoms. The topological polar surface area (TPSA) is 55.1 Å². The second-order valence-electron chi connectivity index (χ2n) is 5.69. The van der Waals surface area contributed by atoms with E-state index in [1.165, 1.54) is 19.3 Å². The molecule has 0 amide bonds. The van der Waals surface area contributed by atoms with Crippen LogP contribution >= 0.6 is 0 Å². The molecule has 1 heterocycles. The summed E-state index contributed by atoms with van der Waals surface area (Å²) in [6.07, 6.45) is 4.80. The third kappa shape index (κ3) is 3.43. The van der Waals surface area contributed by atoms with Crippen LogP contribution in [0.5, 0.6) is 0 Å². The van der Waals surface area contributed by atoms with Crippen molar-refractivity contribution in [3.05, 3.63) is 29.6 Å². The van der Waals surface area contributed by atoms with Gasteiger partial charge in [0.2, 0.25) is 0 Å². The molecule has 0 spiro atoms. The first kappa shape index (κ1) is 15.5. The van der Waals surface area contributed by atoms with Crippen molar-refractivity contribution >= 4 is 17.0 Å². The Morgan fingerprint density at radius 2 is 2.14 bits per heavy atom. The van der Waals surface area contributed by atoms with Crippen LogP contribution in [0, 0.1) is 12.8 Å². The second kappa shape index (κ2) is 6.74. The molecule has 2 rings (SSSR count). The fourth-order valence-electron chi connectivity index (χ4n) is 2.78. The lowest BCUT2D eigenvalue weighted by atomic mass is 9.99. The fourth-order valence-corrected chi connectivity index (χ4v) is 2.78. The number of fused-ring (bicyclic) bond motifs is 1. The SMILES string of the molecule is CCCCC(CC)Cn1c(C)nc2ccc(C(=O)O)cc21. The zero-order chi connectivity index (χ0) is 15.4. The molecule has 1 atom stereocenters. The predicted molar refractivity (Wildman–Crippen MR) is 84.7 cm³/mol. The Hall–Kier alpha value is -1.84. The smallest absolute Gasteiger partial charge is 0.335 e. The number of aryl methyl sites for hydroxylation is 1. The van der Waals surface area contributed by atoms with Gasteiger partial charge in [-0.25, -0.2) is 9.78 Å². The predicted octanol–water partition coefficient (Wildman–Crippen LogP) is 4.26. The van der Waals surface area contributed by atoms with Gasteiger partial charge in [0.05, 0.1) is 16.6 Å². The van der Waals surface area contributed by atoms with Crippen molar-refractivity contribution < 1.29 is 9.90 Å². The number of benzene rings is 1. The molecule has 0 aliphatic rings. The Kier molecular flexibility index (Phi) is 4.99. The molecule has 4 heteroatoms. The number of aromatic carboxylic acids is 1. The largest absolute Gasteiger partial charge is 0.478 e. The van der Waals surface area contributed by atoms with Crippen LogP contribution in [0.4, 0.5) is 0 Å². The zero-order valence-electron chi connectivity index (χ0n) is 13.1. The van der Waals surface area contributed by atoms with Crippen LogP contribution in [0.25, 0.3) is 11.0 Å². The van der Waals surface area contributed by atoms with Gasteiger partial charge in [-0.2, -0.15) is 0 Å². The zero-order valence-corrected chi connectivity index (χ0v) is 13.1. The van der Waals surface area contributed by atoms with Gasteiger partial charge in [0.1, 0.15) is 5.82 Å². The first-order valence-corrected chi connectivity index (χ1v) is 7.77. The molecule has 114 valence electrons. The summed E-state index contributed by atoms with van der Waals surface area (Å²) >= 11 is 0. The van der Waals surface area contributed by atoms with Crippen LogP contribution in [-0.2, 0) is 6.54 Å². The minimum atomic E-state index is -0.889. The number of aromatic nitrogens is 2. The van der Waals surface area contributed by atoms with Gasteiger partial charge < -0.3 is 9.67 Å². The minimum absolute atomic E-state index is 0.324. The van der Waals surface area contributed by atoms with E-state index in [0.717, 1.165) is 29.8 Å². The van der Waals surface area contributed by atoms with Gasteiger partial charge in [-0.1, -0.05) is 33.1 Å². The number of hydrogen-bond acceptors (Lipinski definition) is 2. The molecule has 4 nitrogen and oxygen atoms in total. The molecule has 1 aromatic carbocycles. The first-order chi connectivity index (χ1) is 10.1. The summed E-state index contributed by atoms with van der Waals surface area (Å²) in [5.41, 5.74) is 2.13. The normalized spacial score (nSPS) is 12.7. The third-order valence-electron chi connectivity index (χ3n) is 4.17. The number of carboxylic acids is 1. The minimum Gasteiger partial charge on any atom is -0.478 e. The number of carboxylic acid groups (broad SMARTS) is 1. The molecular formula is C17H24N2O2. The van der Waals surface area contributed by atoms with Crippen molar-refractivity contribution in [2.75, 3.05) is 0 Å². The maximum absolute atomic E-state index is 11.2. The van der Waals surface area contributed by atoms with Gasteiger partial charge in [-0.05, 0) is 37.5 Å². The maximum atomic E-state index is 11.2. The Labute approximate surface area is 125 Å². The lowest BCUT2D eigenvalue weighted by Gasteiger charge is -2.17. The molecule has 0 fully saturated rings. The lowest BCUT2D eigenvalue weighted by molar-refractivity contribution is 0.0697.